The van der Waals surface area contributed by atoms with Crippen molar-refractivity contribution < 1.29 is 19.8 Å². The first kappa shape index (κ1) is 23.5. The summed E-state index contributed by atoms with van der Waals surface area (Å²) in [6.07, 6.45) is 8.56. The molecule has 2 N–H and O–H groups in total. The molecule has 1 aliphatic rings. The largest absolute Gasteiger partial charge is 0.477 e. The van der Waals surface area contributed by atoms with Crippen LogP contribution in [0.1, 0.15) is 46.3 Å². The first-order chi connectivity index (χ1) is 15.4. The van der Waals surface area contributed by atoms with Crippen LogP contribution in [0.4, 0.5) is 0 Å². The molecule has 1 aliphatic heterocycles. The predicted octanol–water partition coefficient (Wildman–Crippen LogP) is 4.45. The maximum absolute atomic E-state index is 12.3. The minimum absolute atomic E-state index is 0.0184. The first-order valence-corrected chi connectivity index (χ1v) is 11.4. The number of aromatic carboxylic acids is 1. The van der Waals surface area contributed by atoms with Gasteiger partial charge >= 0.3 is 5.97 Å². The normalized spacial score (nSPS) is 18.1. The molecule has 1 amide bonds. The topological polar surface area (TPSA) is 77.8 Å². The Hall–Kier alpha value is -3.14. The molecule has 6 heteroatoms. The van der Waals surface area contributed by atoms with Crippen molar-refractivity contribution in [1.82, 2.24) is 4.90 Å². The van der Waals surface area contributed by atoms with Crippen LogP contribution in [0.25, 0.3) is 6.08 Å². The van der Waals surface area contributed by atoms with E-state index in [1.165, 1.54) is 11.3 Å². The summed E-state index contributed by atoms with van der Waals surface area (Å²) in [6.45, 7) is 2.41. The van der Waals surface area contributed by atoms with Crippen LogP contribution in [0.15, 0.2) is 60.7 Å². The highest BCUT2D eigenvalue weighted by Gasteiger charge is 2.28. The number of hydrogen-bond donors (Lipinski definition) is 2. The second-order valence-corrected chi connectivity index (χ2v) is 8.90. The highest BCUT2D eigenvalue weighted by Crippen LogP contribution is 2.22. The van der Waals surface area contributed by atoms with E-state index in [1.54, 1.807) is 23.1 Å². The van der Waals surface area contributed by atoms with E-state index in [9.17, 15) is 14.7 Å². The number of hydrogen-bond acceptors (Lipinski definition) is 4. The lowest BCUT2D eigenvalue weighted by molar-refractivity contribution is -0.127. The van der Waals surface area contributed by atoms with Crippen LogP contribution in [0.2, 0.25) is 0 Å². The summed E-state index contributed by atoms with van der Waals surface area (Å²) >= 11 is 1.20. The van der Waals surface area contributed by atoms with Crippen LogP contribution in [-0.4, -0.2) is 45.7 Å². The molecule has 1 aromatic heterocycles. The van der Waals surface area contributed by atoms with Crippen molar-refractivity contribution in [3.63, 3.8) is 0 Å². The number of benzene rings is 1. The molecule has 1 saturated heterocycles. The van der Waals surface area contributed by atoms with E-state index >= 15 is 0 Å². The Labute approximate surface area is 192 Å². The third-order valence-corrected chi connectivity index (χ3v) is 6.38. The summed E-state index contributed by atoms with van der Waals surface area (Å²) in [5, 5.41) is 19.5. The van der Waals surface area contributed by atoms with Gasteiger partial charge in [0, 0.05) is 29.8 Å². The number of nitrogens with zero attached hydrogens (tertiary/aromatic N) is 1. The van der Waals surface area contributed by atoms with Crippen molar-refractivity contribution in [3.8, 4) is 11.8 Å². The van der Waals surface area contributed by atoms with Gasteiger partial charge in [0.1, 0.15) is 4.88 Å². The van der Waals surface area contributed by atoms with Gasteiger partial charge in [-0.25, -0.2) is 4.79 Å². The van der Waals surface area contributed by atoms with Gasteiger partial charge < -0.3 is 15.1 Å². The van der Waals surface area contributed by atoms with Crippen molar-refractivity contribution in [2.24, 2.45) is 5.92 Å². The van der Waals surface area contributed by atoms with Gasteiger partial charge in [-0.1, -0.05) is 55.2 Å². The Bertz CT molecular complexity index is 1040. The first-order valence-electron chi connectivity index (χ1n) is 10.6. The molecule has 0 bridgehead atoms. The van der Waals surface area contributed by atoms with E-state index < -0.39 is 12.1 Å². The number of thiophene rings is 1. The van der Waals surface area contributed by atoms with Crippen molar-refractivity contribution in [1.29, 1.82) is 0 Å². The quantitative estimate of drug-likeness (QED) is 0.461. The summed E-state index contributed by atoms with van der Waals surface area (Å²) < 4.78 is 0. The van der Waals surface area contributed by atoms with Gasteiger partial charge in [-0.3, -0.25) is 4.79 Å². The van der Waals surface area contributed by atoms with Crippen molar-refractivity contribution >= 4 is 29.3 Å². The summed E-state index contributed by atoms with van der Waals surface area (Å²) in [5.74, 6) is 5.36. The minimum atomic E-state index is -0.937. The van der Waals surface area contributed by atoms with Crippen LogP contribution in [0.5, 0.6) is 0 Å². The fourth-order valence-corrected chi connectivity index (χ4v) is 4.20. The molecule has 32 heavy (non-hydrogen) atoms. The Balaban J connectivity index is 1.52. The molecule has 5 nitrogen and oxygen atoms in total. The van der Waals surface area contributed by atoms with Crippen molar-refractivity contribution in [2.75, 3.05) is 6.54 Å². The Morgan fingerprint density at radius 2 is 2.06 bits per heavy atom. The van der Waals surface area contributed by atoms with Gasteiger partial charge in [-0.15, -0.1) is 11.3 Å². The van der Waals surface area contributed by atoms with Gasteiger partial charge in [0.05, 0.1) is 12.1 Å². The number of carboxylic acid groups (broad SMARTS) is 1. The Morgan fingerprint density at radius 3 is 2.78 bits per heavy atom. The predicted molar refractivity (Wildman–Crippen MR) is 127 cm³/mol. The van der Waals surface area contributed by atoms with Crippen molar-refractivity contribution in [2.45, 2.75) is 38.3 Å². The number of carbonyl (C=O) groups excluding carboxylic acids is 1. The molecule has 1 unspecified atom stereocenters. The number of aliphatic hydroxyl groups excluding tert-OH is 1. The Kier molecular flexibility index (Phi) is 8.43. The molecule has 166 valence electrons. The molecule has 1 fully saturated rings. The monoisotopic (exact) mass is 449 g/mol. The SMILES string of the molecule is CC(CC#Cc1ccccc1)[C@H](O)C=C[C@H]1CCC(=O)N1CC=Cc1ccc(C(=O)O)s1. The van der Waals surface area contributed by atoms with Gasteiger partial charge in [0.15, 0.2) is 0 Å². The molecular formula is C26H27NO4S. The molecule has 3 atom stereocenters. The lowest BCUT2D eigenvalue weighted by Gasteiger charge is -2.21. The highest BCUT2D eigenvalue weighted by molar-refractivity contribution is 7.14. The molecule has 3 rings (SSSR count). The van der Waals surface area contributed by atoms with Crippen LogP contribution >= 0.6 is 11.3 Å². The fourth-order valence-electron chi connectivity index (χ4n) is 3.42. The van der Waals surface area contributed by atoms with Gasteiger partial charge in [0.25, 0.3) is 0 Å². The van der Waals surface area contributed by atoms with E-state index in [-0.39, 0.29) is 17.9 Å². The van der Waals surface area contributed by atoms with Gasteiger partial charge in [-0.2, -0.15) is 0 Å². The number of aliphatic hydroxyl groups is 1. The van der Waals surface area contributed by atoms with Crippen LogP contribution < -0.4 is 0 Å². The van der Waals surface area contributed by atoms with Crippen LogP contribution in [0.3, 0.4) is 0 Å². The zero-order valence-electron chi connectivity index (χ0n) is 18.0. The molecular weight excluding hydrogens is 422 g/mol. The maximum Gasteiger partial charge on any atom is 0.345 e. The number of carboxylic acids is 1. The second-order valence-electron chi connectivity index (χ2n) is 7.79. The smallest absolute Gasteiger partial charge is 0.345 e. The number of amides is 1. The van der Waals surface area contributed by atoms with E-state index in [2.05, 4.69) is 11.8 Å². The van der Waals surface area contributed by atoms with Crippen LogP contribution in [0, 0.1) is 17.8 Å². The van der Waals surface area contributed by atoms with E-state index in [1.807, 2.05) is 55.5 Å². The molecule has 2 heterocycles. The van der Waals surface area contributed by atoms with Gasteiger partial charge in [0.2, 0.25) is 5.91 Å². The fraction of sp³-hybridized carbons (Fsp3) is 0.308. The summed E-state index contributed by atoms with van der Waals surface area (Å²) in [5.41, 5.74) is 0.958. The van der Waals surface area contributed by atoms with E-state index in [4.69, 9.17) is 5.11 Å². The van der Waals surface area contributed by atoms with E-state index in [0.29, 0.717) is 24.3 Å². The number of rotatable bonds is 8. The second kappa shape index (κ2) is 11.5. The van der Waals surface area contributed by atoms with Crippen molar-refractivity contribution in [3.05, 3.63) is 76.0 Å². The average molecular weight is 450 g/mol. The number of carbonyl (C=O) groups is 2. The average Bonchev–Trinajstić information content (AvgIpc) is 3.40. The standard InChI is InChI=1S/C26H27NO4S/c1-19(7-5-10-20-8-3-2-4-9-20)23(28)15-12-21-13-17-25(29)27(21)18-6-11-22-14-16-24(32-22)26(30)31/h2-4,6,8-9,11-12,14-16,19,21,23,28H,7,13,17-18H2,1H3,(H,30,31)/t19?,21-,23+/m0/s1. The van der Waals surface area contributed by atoms with Crippen LogP contribution in [-0.2, 0) is 4.79 Å². The highest BCUT2D eigenvalue weighted by atomic mass is 32.1. The summed E-state index contributed by atoms with van der Waals surface area (Å²) in [6, 6.07) is 13.0. The summed E-state index contributed by atoms with van der Waals surface area (Å²) in [4.78, 5) is 26.2. The molecule has 2 aromatic rings. The molecule has 0 radical (unpaired) electrons. The maximum atomic E-state index is 12.3. The summed E-state index contributed by atoms with van der Waals surface area (Å²) in [7, 11) is 0. The molecule has 1 aromatic carbocycles. The number of likely N-dealkylation sites (tertiary alicyclic amines) is 1. The lowest BCUT2D eigenvalue weighted by atomic mass is 9.99. The minimum Gasteiger partial charge on any atom is -0.477 e. The zero-order valence-corrected chi connectivity index (χ0v) is 18.8. The molecule has 0 aliphatic carbocycles. The molecule has 0 spiro atoms. The zero-order chi connectivity index (χ0) is 22.9. The third kappa shape index (κ3) is 6.68. The lowest BCUT2D eigenvalue weighted by Crippen LogP contribution is -2.32. The van der Waals surface area contributed by atoms with E-state index in [0.717, 1.165) is 16.9 Å². The van der Waals surface area contributed by atoms with Gasteiger partial charge in [-0.05, 0) is 42.7 Å². The Morgan fingerprint density at radius 1 is 1.28 bits per heavy atom. The molecule has 0 saturated carbocycles. The third-order valence-electron chi connectivity index (χ3n) is 5.34.